The van der Waals surface area contributed by atoms with E-state index >= 15 is 0 Å². The molecule has 1 heterocycles. The largest absolute Gasteiger partial charge is 0.379 e. The summed E-state index contributed by atoms with van der Waals surface area (Å²) in [6.07, 6.45) is 0. The van der Waals surface area contributed by atoms with E-state index in [9.17, 15) is 14.9 Å². The first-order chi connectivity index (χ1) is 11.5. The summed E-state index contributed by atoms with van der Waals surface area (Å²) in [5, 5.41) is 16.3. The number of nitro benzene ring substituents is 1. The molecule has 1 unspecified atom stereocenters. The molecule has 0 aliphatic carbocycles. The quantitative estimate of drug-likeness (QED) is 0.612. The monoisotopic (exact) mass is 336 g/mol. The molecule has 2 amide bonds. The maximum absolute atomic E-state index is 12.1. The Bertz CT molecular complexity index is 573. The summed E-state index contributed by atoms with van der Waals surface area (Å²) in [5.74, 6) is 0.390. The minimum absolute atomic E-state index is 0.0545. The summed E-state index contributed by atoms with van der Waals surface area (Å²) < 4.78 is 5.37. The summed E-state index contributed by atoms with van der Waals surface area (Å²) in [7, 11) is 0. The number of benzene rings is 1. The van der Waals surface area contributed by atoms with Crippen molar-refractivity contribution in [1.29, 1.82) is 0 Å². The maximum Gasteiger partial charge on any atom is 0.319 e. The van der Waals surface area contributed by atoms with Crippen molar-refractivity contribution in [3.8, 4) is 0 Å². The fourth-order valence-electron chi connectivity index (χ4n) is 2.77. The lowest BCUT2D eigenvalue weighted by molar-refractivity contribution is -0.384. The lowest BCUT2D eigenvalue weighted by Gasteiger charge is -2.36. The molecule has 0 radical (unpaired) electrons. The van der Waals surface area contributed by atoms with Gasteiger partial charge in [0.2, 0.25) is 0 Å². The molecule has 1 fully saturated rings. The van der Waals surface area contributed by atoms with Gasteiger partial charge in [-0.15, -0.1) is 0 Å². The summed E-state index contributed by atoms with van der Waals surface area (Å²) in [4.78, 5) is 24.7. The number of nitro groups is 1. The zero-order chi connectivity index (χ0) is 17.5. The number of hydrogen-bond donors (Lipinski definition) is 2. The van der Waals surface area contributed by atoms with Crippen LogP contribution < -0.4 is 10.6 Å². The fourth-order valence-corrected chi connectivity index (χ4v) is 2.77. The van der Waals surface area contributed by atoms with Crippen molar-refractivity contribution in [2.24, 2.45) is 5.92 Å². The van der Waals surface area contributed by atoms with Gasteiger partial charge in [0.05, 0.1) is 18.1 Å². The Morgan fingerprint density at radius 3 is 2.71 bits per heavy atom. The van der Waals surface area contributed by atoms with Crippen molar-refractivity contribution >= 4 is 17.4 Å². The molecular formula is C16H24N4O4. The van der Waals surface area contributed by atoms with Crippen molar-refractivity contribution in [2.45, 2.75) is 19.9 Å². The summed E-state index contributed by atoms with van der Waals surface area (Å²) in [6, 6.07) is 5.74. The van der Waals surface area contributed by atoms with Crippen molar-refractivity contribution in [3.63, 3.8) is 0 Å². The topological polar surface area (TPSA) is 96.7 Å². The van der Waals surface area contributed by atoms with Gasteiger partial charge >= 0.3 is 6.03 Å². The highest BCUT2D eigenvalue weighted by Crippen LogP contribution is 2.17. The zero-order valence-corrected chi connectivity index (χ0v) is 14.0. The van der Waals surface area contributed by atoms with Crippen LogP contribution >= 0.6 is 0 Å². The Morgan fingerprint density at radius 2 is 2.08 bits per heavy atom. The molecule has 8 heteroatoms. The van der Waals surface area contributed by atoms with Crippen LogP contribution in [0, 0.1) is 16.0 Å². The Morgan fingerprint density at radius 1 is 1.38 bits per heavy atom. The molecule has 1 atom stereocenters. The molecule has 0 aromatic heterocycles. The van der Waals surface area contributed by atoms with Crippen LogP contribution in [0.4, 0.5) is 16.2 Å². The van der Waals surface area contributed by atoms with E-state index in [1.807, 2.05) is 0 Å². The van der Waals surface area contributed by atoms with Crippen LogP contribution in [0.25, 0.3) is 0 Å². The van der Waals surface area contributed by atoms with Crippen LogP contribution in [0.15, 0.2) is 24.3 Å². The number of ether oxygens (including phenoxy) is 1. The number of rotatable bonds is 6. The lowest BCUT2D eigenvalue weighted by Crippen LogP contribution is -2.51. The first-order valence-electron chi connectivity index (χ1n) is 8.08. The van der Waals surface area contributed by atoms with Crippen molar-refractivity contribution in [2.75, 3.05) is 38.2 Å². The number of carbonyl (C=O) groups is 1. The maximum atomic E-state index is 12.1. The van der Waals surface area contributed by atoms with Gasteiger partial charge in [0.15, 0.2) is 0 Å². The molecule has 1 aliphatic heterocycles. The van der Waals surface area contributed by atoms with E-state index in [2.05, 4.69) is 29.4 Å². The molecule has 1 aliphatic rings. The van der Waals surface area contributed by atoms with Gasteiger partial charge in [0.1, 0.15) is 0 Å². The molecule has 0 saturated carbocycles. The van der Waals surface area contributed by atoms with Crippen LogP contribution in [0.3, 0.4) is 0 Å². The molecule has 2 N–H and O–H groups in total. The van der Waals surface area contributed by atoms with Gasteiger partial charge in [0, 0.05) is 43.5 Å². The fraction of sp³-hybridized carbons (Fsp3) is 0.562. The Kier molecular flexibility index (Phi) is 6.51. The van der Waals surface area contributed by atoms with Crippen LogP contribution in [-0.2, 0) is 4.74 Å². The van der Waals surface area contributed by atoms with Crippen LogP contribution in [-0.4, -0.2) is 54.7 Å². The van der Waals surface area contributed by atoms with Crippen molar-refractivity contribution in [1.82, 2.24) is 10.2 Å². The zero-order valence-electron chi connectivity index (χ0n) is 14.0. The minimum atomic E-state index is -0.490. The molecule has 0 bridgehead atoms. The lowest BCUT2D eigenvalue weighted by atomic mass is 10.0. The number of hydrogen-bond acceptors (Lipinski definition) is 5. The molecule has 0 spiro atoms. The molecule has 24 heavy (non-hydrogen) atoms. The number of nitrogens with one attached hydrogen (secondary N) is 2. The summed E-state index contributed by atoms with van der Waals surface area (Å²) in [5.41, 5.74) is 0.343. The molecule has 2 rings (SSSR count). The predicted molar refractivity (Wildman–Crippen MR) is 91.1 cm³/mol. The number of urea groups is 1. The SMILES string of the molecule is CC(C)C(CNC(=O)Nc1cccc([N+](=O)[O-])c1)N1CCOCC1. The Labute approximate surface area is 141 Å². The first-order valence-corrected chi connectivity index (χ1v) is 8.08. The van der Waals surface area contributed by atoms with Crippen LogP contribution in [0.5, 0.6) is 0 Å². The number of nitrogens with zero attached hydrogens (tertiary/aromatic N) is 2. The van der Waals surface area contributed by atoms with E-state index in [1.165, 1.54) is 12.1 Å². The van der Waals surface area contributed by atoms with E-state index in [-0.39, 0.29) is 17.8 Å². The Balaban J connectivity index is 1.88. The smallest absolute Gasteiger partial charge is 0.319 e. The molecule has 1 aromatic rings. The molecule has 1 saturated heterocycles. The minimum Gasteiger partial charge on any atom is -0.379 e. The Hall–Kier alpha value is -2.19. The van der Waals surface area contributed by atoms with Gasteiger partial charge in [-0.1, -0.05) is 19.9 Å². The van der Waals surface area contributed by atoms with Gasteiger partial charge < -0.3 is 15.4 Å². The third kappa shape index (κ3) is 5.17. The molecular weight excluding hydrogens is 312 g/mol. The van der Waals surface area contributed by atoms with Gasteiger partial charge in [-0.3, -0.25) is 15.0 Å². The average molecular weight is 336 g/mol. The second-order valence-electron chi connectivity index (χ2n) is 6.10. The van der Waals surface area contributed by atoms with Crippen molar-refractivity contribution in [3.05, 3.63) is 34.4 Å². The standard InChI is InChI=1S/C16H24N4O4/c1-12(2)15(19-6-8-24-9-7-19)11-17-16(21)18-13-4-3-5-14(10-13)20(22)23/h3-5,10,12,15H,6-9,11H2,1-2H3,(H2,17,18,21). The third-order valence-electron chi connectivity index (χ3n) is 4.07. The summed E-state index contributed by atoms with van der Waals surface area (Å²) >= 11 is 0. The highest BCUT2D eigenvalue weighted by Gasteiger charge is 2.24. The van der Waals surface area contributed by atoms with Gasteiger partial charge in [-0.2, -0.15) is 0 Å². The summed E-state index contributed by atoms with van der Waals surface area (Å²) in [6.45, 7) is 7.90. The van der Waals surface area contributed by atoms with Gasteiger partial charge in [-0.25, -0.2) is 4.79 Å². The molecule has 132 valence electrons. The van der Waals surface area contributed by atoms with E-state index < -0.39 is 4.92 Å². The number of carbonyl (C=O) groups excluding carboxylic acids is 1. The van der Waals surface area contributed by atoms with Crippen LogP contribution in [0.2, 0.25) is 0 Å². The van der Waals surface area contributed by atoms with Gasteiger partial charge in [-0.05, 0) is 12.0 Å². The van der Waals surface area contributed by atoms with E-state index in [4.69, 9.17) is 4.74 Å². The normalized spacial score (nSPS) is 16.6. The highest BCUT2D eigenvalue weighted by molar-refractivity contribution is 5.89. The second kappa shape index (κ2) is 8.60. The number of amides is 2. The van der Waals surface area contributed by atoms with Crippen LogP contribution in [0.1, 0.15) is 13.8 Å². The van der Waals surface area contributed by atoms with E-state index in [0.29, 0.717) is 31.4 Å². The first kappa shape index (κ1) is 18.2. The molecule has 8 nitrogen and oxygen atoms in total. The third-order valence-corrected chi connectivity index (χ3v) is 4.07. The van der Waals surface area contributed by atoms with Gasteiger partial charge in [0.25, 0.3) is 5.69 Å². The van der Waals surface area contributed by atoms with E-state index in [0.717, 1.165) is 13.1 Å². The molecule has 1 aromatic carbocycles. The second-order valence-corrected chi connectivity index (χ2v) is 6.10. The number of anilines is 1. The predicted octanol–water partition coefficient (Wildman–Crippen LogP) is 2.07. The highest BCUT2D eigenvalue weighted by atomic mass is 16.6. The van der Waals surface area contributed by atoms with Crippen molar-refractivity contribution < 1.29 is 14.5 Å². The number of non-ortho nitro benzene ring substituents is 1. The number of morpholine rings is 1. The van der Waals surface area contributed by atoms with E-state index in [1.54, 1.807) is 12.1 Å². The average Bonchev–Trinajstić information content (AvgIpc) is 2.56.